The van der Waals surface area contributed by atoms with Gasteiger partial charge in [-0.1, -0.05) is 30.0 Å². The number of methoxy groups -OCH3 is 1. The fourth-order valence-corrected chi connectivity index (χ4v) is 3.67. The molecule has 4 rings (SSSR count). The Morgan fingerprint density at radius 1 is 1.27 bits per heavy atom. The molecule has 2 heterocycles. The summed E-state index contributed by atoms with van der Waals surface area (Å²) in [7, 11) is 1.50. The van der Waals surface area contributed by atoms with Gasteiger partial charge >= 0.3 is 0 Å². The summed E-state index contributed by atoms with van der Waals surface area (Å²) in [6, 6.07) is 11.7. The van der Waals surface area contributed by atoms with E-state index in [0.717, 1.165) is 5.56 Å². The topological polar surface area (TPSA) is 120 Å². The minimum Gasteiger partial charge on any atom is -0.595 e. The highest BCUT2D eigenvalue weighted by Crippen LogP contribution is 2.42. The van der Waals surface area contributed by atoms with Crippen LogP contribution in [0.3, 0.4) is 0 Å². The van der Waals surface area contributed by atoms with Crippen molar-refractivity contribution in [2.45, 2.75) is 10.5 Å². The van der Waals surface area contributed by atoms with Gasteiger partial charge in [0.1, 0.15) is 5.37 Å². The molecule has 0 bridgehead atoms. The number of rotatable bonds is 4. The third kappa shape index (κ3) is 2.84. The lowest BCUT2D eigenvalue weighted by atomic mass is 10.2. The van der Waals surface area contributed by atoms with Crippen LogP contribution in [0.2, 0.25) is 0 Å². The molecule has 1 aromatic heterocycles. The van der Waals surface area contributed by atoms with Crippen molar-refractivity contribution in [1.29, 1.82) is 0 Å². The number of ether oxygens (including phenoxy) is 1. The number of aromatic nitrogens is 3. The lowest BCUT2D eigenvalue weighted by Crippen LogP contribution is -2.99. The lowest BCUT2D eigenvalue weighted by molar-refractivity contribution is -0.991. The molecule has 0 aliphatic carbocycles. The Morgan fingerprint density at radius 3 is 2.88 bits per heavy atom. The molecule has 1 aliphatic heterocycles. The first-order valence-electron chi connectivity index (χ1n) is 7.66. The van der Waals surface area contributed by atoms with E-state index in [9.17, 15) is 10.3 Å². The summed E-state index contributed by atoms with van der Waals surface area (Å²) >= 11 is 1.47. The Hall–Kier alpha value is -2.79. The van der Waals surface area contributed by atoms with Crippen molar-refractivity contribution in [2.24, 2.45) is 0 Å². The van der Waals surface area contributed by atoms with Crippen molar-refractivity contribution in [3.05, 3.63) is 53.2 Å². The summed E-state index contributed by atoms with van der Waals surface area (Å²) in [5.74, 6) is 0.996. The van der Waals surface area contributed by atoms with E-state index in [2.05, 4.69) is 15.6 Å². The van der Waals surface area contributed by atoms with E-state index in [0.29, 0.717) is 22.3 Å². The number of aromatic hydroxyl groups is 1. The van der Waals surface area contributed by atoms with Crippen LogP contribution in [0.4, 0.5) is 5.69 Å². The molecule has 9 nitrogen and oxygen atoms in total. The first-order valence-corrected chi connectivity index (χ1v) is 8.54. The zero-order valence-electron chi connectivity index (χ0n) is 13.6. The van der Waals surface area contributed by atoms with Gasteiger partial charge in [0, 0.05) is 17.7 Å². The molecule has 0 saturated heterocycles. The van der Waals surface area contributed by atoms with Crippen LogP contribution in [-0.4, -0.2) is 32.3 Å². The quantitative estimate of drug-likeness (QED) is 0.507. The second kappa shape index (κ2) is 6.50. The second-order valence-electron chi connectivity index (χ2n) is 5.59. The molecule has 1 aliphatic rings. The largest absolute Gasteiger partial charge is 0.595 e. The third-order valence-corrected chi connectivity index (χ3v) is 5.07. The van der Waals surface area contributed by atoms with E-state index in [1.165, 1.54) is 24.9 Å². The Morgan fingerprint density at radius 2 is 2.12 bits per heavy atom. The number of hydrogen-bond acceptors (Lipinski definition) is 8. The van der Waals surface area contributed by atoms with Crippen molar-refractivity contribution in [1.82, 2.24) is 14.9 Å². The molecular formula is C16H15N5O4S. The van der Waals surface area contributed by atoms with E-state index in [1.54, 1.807) is 41.1 Å². The second-order valence-corrected chi connectivity index (χ2v) is 6.66. The van der Waals surface area contributed by atoms with Crippen LogP contribution >= 0.6 is 11.8 Å². The summed E-state index contributed by atoms with van der Waals surface area (Å²) in [6.45, 7) is 0. The highest BCUT2D eigenvalue weighted by Gasteiger charge is 2.29. The number of nitrogens with zero attached hydrogens (tertiary/aromatic N) is 3. The zero-order chi connectivity index (χ0) is 18.3. The van der Waals surface area contributed by atoms with Crippen molar-refractivity contribution >= 4 is 17.4 Å². The highest BCUT2D eigenvalue weighted by atomic mass is 32.2. The average molecular weight is 373 g/mol. The molecule has 2 aromatic carbocycles. The predicted octanol–water partition coefficient (Wildman–Crippen LogP) is 1.41. The van der Waals surface area contributed by atoms with Crippen LogP contribution in [0.5, 0.6) is 11.5 Å². The summed E-state index contributed by atoms with van der Waals surface area (Å²) in [4.78, 5) is 0. The van der Waals surface area contributed by atoms with Crippen LogP contribution in [-0.2, 0) is 0 Å². The minimum absolute atomic E-state index is 0.0739. The van der Waals surface area contributed by atoms with Gasteiger partial charge in [0.05, 0.1) is 7.11 Å². The monoisotopic (exact) mass is 373 g/mol. The SMILES string of the molecule is COc1cc([C@H]2Nn3c(nnc3-c3cccc([NH+]([O-])O)c3)S2)ccc1O. The number of nitrogens with one attached hydrogen (secondary N) is 2. The van der Waals surface area contributed by atoms with Gasteiger partial charge in [0.2, 0.25) is 5.16 Å². The van der Waals surface area contributed by atoms with Gasteiger partial charge in [0.25, 0.3) is 0 Å². The molecule has 3 aromatic rings. The van der Waals surface area contributed by atoms with Crippen molar-refractivity contribution in [2.75, 3.05) is 12.5 Å². The third-order valence-electron chi connectivity index (χ3n) is 3.98. The Labute approximate surface area is 152 Å². The van der Waals surface area contributed by atoms with Gasteiger partial charge < -0.3 is 20.5 Å². The van der Waals surface area contributed by atoms with Crippen molar-refractivity contribution in [3.8, 4) is 22.9 Å². The first kappa shape index (κ1) is 16.7. The first-order chi connectivity index (χ1) is 12.6. The number of quaternary nitrogens is 1. The van der Waals surface area contributed by atoms with Crippen molar-refractivity contribution in [3.63, 3.8) is 0 Å². The molecule has 1 unspecified atom stereocenters. The number of phenolic OH excluding ortho intramolecular Hbond substituents is 1. The molecule has 0 fully saturated rings. The van der Waals surface area contributed by atoms with Crippen LogP contribution in [0, 0.1) is 5.21 Å². The van der Waals surface area contributed by atoms with Gasteiger partial charge in [0.15, 0.2) is 23.0 Å². The maximum atomic E-state index is 11.2. The van der Waals surface area contributed by atoms with E-state index in [-0.39, 0.29) is 16.8 Å². The van der Waals surface area contributed by atoms with Crippen LogP contribution in [0.1, 0.15) is 10.9 Å². The van der Waals surface area contributed by atoms with Gasteiger partial charge in [-0.05, 0) is 17.7 Å². The molecule has 2 atom stereocenters. The number of phenols is 1. The summed E-state index contributed by atoms with van der Waals surface area (Å²) in [6.07, 6.45) is 0. The summed E-state index contributed by atoms with van der Waals surface area (Å²) < 4.78 is 6.89. The van der Waals surface area contributed by atoms with Gasteiger partial charge in [-0.2, -0.15) is 5.23 Å². The van der Waals surface area contributed by atoms with Gasteiger partial charge in [-0.25, -0.2) is 9.88 Å². The number of hydrogen-bond donors (Lipinski definition) is 4. The molecule has 0 spiro atoms. The van der Waals surface area contributed by atoms with Crippen LogP contribution in [0.15, 0.2) is 47.6 Å². The molecule has 10 heteroatoms. The summed E-state index contributed by atoms with van der Waals surface area (Å²) in [5, 5.41) is 38.0. The maximum absolute atomic E-state index is 11.2. The number of thioether (sulfide) groups is 1. The number of benzene rings is 2. The molecule has 0 radical (unpaired) electrons. The Bertz CT molecular complexity index is 962. The Balaban J connectivity index is 1.64. The Kier molecular flexibility index (Phi) is 4.17. The minimum atomic E-state index is -0.996. The maximum Gasteiger partial charge on any atom is 0.212 e. The molecule has 134 valence electrons. The van der Waals surface area contributed by atoms with Crippen LogP contribution in [0.25, 0.3) is 11.4 Å². The normalized spacial score (nSPS) is 16.8. The standard InChI is InChI=1S/C16H15N5O4S/c1-25-13-8-10(5-6-12(13)22)15-19-20-14(17-18-16(20)26-15)9-3-2-4-11(7-9)21(23)24/h2-8,15,19,21-23H,1H3/t15-/m0/s1. The van der Waals surface area contributed by atoms with Gasteiger partial charge in [-0.3, -0.25) is 0 Å². The molecule has 26 heavy (non-hydrogen) atoms. The smallest absolute Gasteiger partial charge is 0.212 e. The van der Waals surface area contributed by atoms with E-state index >= 15 is 0 Å². The average Bonchev–Trinajstić information content (AvgIpc) is 3.23. The summed E-state index contributed by atoms with van der Waals surface area (Å²) in [5.41, 5.74) is 5.03. The van der Waals surface area contributed by atoms with E-state index in [4.69, 9.17) is 9.94 Å². The lowest BCUT2D eigenvalue weighted by Gasteiger charge is -2.14. The highest BCUT2D eigenvalue weighted by molar-refractivity contribution is 7.99. The zero-order valence-corrected chi connectivity index (χ0v) is 14.4. The van der Waals surface area contributed by atoms with Crippen LogP contribution < -0.4 is 15.4 Å². The fraction of sp³-hybridized carbons (Fsp3) is 0.125. The van der Waals surface area contributed by atoms with Crippen molar-refractivity contribution < 1.29 is 20.3 Å². The van der Waals surface area contributed by atoms with E-state index < -0.39 is 5.23 Å². The molecule has 4 N–H and O–H groups in total. The molecular weight excluding hydrogens is 358 g/mol. The predicted molar refractivity (Wildman–Crippen MR) is 93.9 cm³/mol. The molecule has 0 saturated carbocycles. The molecule has 0 amide bonds. The fourth-order valence-electron chi connectivity index (χ4n) is 2.69. The number of fused-ring (bicyclic) bond motifs is 1. The van der Waals surface area contributed by atoms with Gasteiger partial charge in [-0.15, -0.1) is 10.2 Å². The van der Waals surface area contributed by atoms with E-state index in [1.807, 2.05) is 0 Å².